The Hall–Kier alpha value is -1.51. The van der Waals surface area contributed by atoms with E-state index in [1.165, 1.54) is 0 Å². The summed E-state index contributed by atoms with van der Waals surface area (Å²) < 4.78 is 5.47. The van der Waals surface area contributed by atoms with Crippen molar-refractivity contribution < 1.29 is 9.53 Å². The highest BCUT2D eigenvalue weighted by Gasteiger charge is 1.99. The van der Waals surface area contributed by atoms with Crippen LogP contribution in [-0.4, -0.2) is 12.5 Å². The van der Waals surface area contributed by atoms with Crippen molar-refractivity contribution in [2.24, 2.45) is 0 Å². The fourth-order valence-corrected chi connectivity index (χ4v) is 1.22. The number of hydrogen-bond acceptors (Lipinski definition) is 2. The molecule has 1 amide bonds. The molecule has 0 fully saturated rings. The second-order valence-corrected chi connectivity index (χ2v) is 3.45. The van der Waals surface area contributed by atoms with Crippen molar-refractivity contribution in [1.82, 2.24) is 5.73 Å². The summed E-state index contributed by atoms with van der Waals surface area (Å²) >= 11 is 0. The molecule has 1 aromatic rings. The summed E-state index contributed by atoms with van der Waals surface area (Å²) in [5, 5.41) is 0. The standard InChI is InChI=1S/C12H16NO2/c1-2-3-8-15-11-6-4-10(5-7-11)9-12(13)14/h4-7,13H,2-3,8-9H2,1H3. The lowest BCUT2D eigenvalue weighted by molar-refractivity contribution is -0.118. The largest absolute Gasteiger partial charge is 0.494 e. The molecule has 1 N–H and O–H groups in total. The van der Waals surface area contributed by atoms with Crippen LogP contribution in [0.25, 0.3) is 0 Å². The van der Waals surface area contributed by atoms with E-state index in [-0.39, 0.29) is 6.42 Å². The van der Waals surface area contributed by atoms with Crippen LogP contribution in [0.4, 0.5) is 0 Å². The van der Waals surface area contributed by atoms with Crippen molar-refractivity contribution in [2.45, 2.75) is 26.2 Å². The van der Waals surface area contributed by atoms with Crippen LogP contribution in [0.1, 0.15) is 25.3 Å². The van der Waals surface area contributed by atoms with Crippen LogP contribution in [0, 0.1) is 0 Å². The molecule has 0 atom stereocenters. The Morgan fingerprint density at radius 2 is 2.00 bits per heavy atom. The summed E-state index contributed by atoms with van der Waals surface area (Å²) in [4.78, 5) is 10.5. The Bertz CT molecular complexity index is 306. The van der Waals surface area contributed by atoms with E-state index in [4.69, 9.17) is 10.5 Å². The van der Waals surface area contributed by atoms with E-state index in [1.807, 2.05) is 24.3 Å². The summed E-state index contributed by atoms with van der Waals surface area (Å²) in [7, 11) is 0. The maximum atomic E-state index is 10.5. The quantitative estimate of drug-likeness (QED) is 0.670. The van der Waals surface area contributed by atoms with Crippen molar-refractivity contribution >= 4 is 5.91 Å². The second-order valence-electron chi connectivity index (χ2n) is 3.45. The minimum Gasteiger partial charge on any atom is -0.494 e. The van der Waals surface area contributed by atoms with E-state index in [9.17, 15) is 4.79 Å². The van der Waals surface area contributed by atoms with Crippen LogP contribution in [0.15, 0.2) is 24.3 Å². The van der Waals surface area contributed by atoms with Gasteiger partial charge in [-0.3, -0.25) is 10.5 Å². The van der Waals surface area contributed by atoms with Crippen LogP contribution >= 0.6 is 0 Å². The van der Waals surface area contributed by atoms with Gasteiger partial charge >= 0.3 is 0 Å². The first-order valence-electron chi connectivity index (χ1n) is 5.18. The van der Waals surface area contributed by atoms with Gasteiger partial charge in [0.05, 0.1) is 13.0 Å². The van der Waals surface area contributed by atoms with E-state index >= 15 is 0 Å². The molecule has 81 valence electrons. The number of benzene rings is 1. The molecule has 0 aliphatic carbocycles. The van der Waals surface area contributed by atoms with Crippen molar-refractivity contribution in [2.75, 3.05) is 6.61 Å². The van der Waals surface area contributed by atoms with Crippen LogP contribution in [0.3, 0.4) is 0 Å². The Morgan fingerprint density at radius 3 is 2.53 bits per heavy atom. The normalized spacial score (nSPS) is 9.93. The van der Waals surface area contributed by atoms with E-state index in [1.54, 1.807) is 0 Å². The average Bonchev–Trinajstić information content (AvgIpc) is 2.20. The van der Waals surface area contributed by atoms with Gasteiger partial charge in [0, 0.05) is 0 Å². The molecule has 3 heteroatoms. The third-order valence-electron chi connectivity index (χ3n) is 2.05. The topological polar surface area (TPSA) is 50.1 Å². The minimum atomic E-state index is -0.561. The highest BCUT2D eigenvalue weighted by molar-refractivity contribution is 5.75. The van der Waals surface area contributed by atoms with Gasteiger partial charge in [0.1, 0.15) is 5.75 Å². The zero-order chi connectivity index (χ0) is 11.1. The van der Waals surface area contributed by atoms with E-state index in [0.29, 0.717) is 0 Å². The summed E-state index contributed by atoms with van der Waals surface area (Å²) in [5.41, 5.74) is 7.69. The van der Waals surface area contributed by atoms with Gasteiger partial charge in [-0.2, -0.15) is 0 Å². The van der Waals surface area contributed by atoms with Crippen LogP contribution < -0.4 is 10.5 Å². The van der Waals surface area contributed by atoms with E-state index in [2.05, 4.69) is 6.92 Å². The van der Waals surface area contributed by atoms with Gasteiger partial charge in [0.15, 0.2) is 0 Å². The van der Waals surface area contributed by atoms with Gasteiger partial charge in [-0.15, -0.1) is 0 Å². The maximum Gasteiger partial charge on any atom is 0.242 e. The number of amides is 1. The zero-order valence-corrected chi connectivity index (χ0v) is 8.95. The Labute approximate surface area is 90.2 Å². The third-order valence-corrected chi connectivity index (χ3v) is 2.05. The molecule has 3 nitrogen and oxygen atoms in total. The SMILES string of the molecule is CCCCOc1ccc(CC([NH])=O)cc1. The monoisotopic (exact) mass is 206 g/mol. The number of nitrogens with one attached hydrogen (secondary N) is 1. The van der Waals surface area contributed by atoms with Crippen LogP contribution in [0.2, 0.25) is 0 Å². The highest BCUT2D eigenvalue weighted by atomic mass is 16.5. The lowest BCUT2D eigenvalue weighted by Crippen LogP contribution is -2.02. The number of ether oxygens (including phenoxy) is 1. The highest BCUT2D eigenvalue weighted by Crippen LogP contribution is 2.12. The van der Waals surface area contributed by atoms with E-state index < -0.39 is 5.91 Å². The minimum absolute atomic E-state index is 0.176. The predicted molar refractivity (Wildman–Crippen MR) is 58.7 cm³/mol. The molecule has 0 bridgehead atoms. The van der Waals surface area contributed by atoms with Gasteiger partial charge < -0.3 is 4.74 Å². The summed E-state index contributed by atoms with van der Waals surface area (Å²) in [6, 6.07) is 7.34. The molecule has 0 saturated carbocycles. The maximum absolute atomic E-state index is 10.5. The lowest BCUT2D eigenvalue weighted by atomic mass is 10.1. The zero-order valence-electron chi connectivity index (χ0n) is 8.95. The van der Waals surface area contributed by atoms with Crippen LogP contribution in [-0.2, 0) is 11.2 Å². The summed E-state index contributed by atoms with van der Waals surface area (Å²) in [6.07, 6.45) is 2.34. The number of unbranched alkanes of at least 4 members (excludes halogenated alkanes) is 1. The number of rotatable bonds is 6. The first kappa shape index (κ1) is 11.6. The molecule has 1 radical (unpaired) electrons. The molecule has 0 aliphatic heterocycles. The molecule has 0 saturated heterocycles. The average molecular weight is 206 g/mol. The molecule has 0 unspecified atom stereocenters. The molecule has 0 aliphatic rings. The molecular formula is C12H16NO2. The molecule has 0 spiro atoms. The fourth-order valence-electron chi connectivity index (χ4n) is 1.22. The number of carbonyl (C=O) groups is 1. The fraction of sp³-hybridized carbons (Fsp3) is 0.417. The smallest absolute Gasteiger partial charge is 0.242 e. The van der Waals surface area contributed by atoms with Gasteiger partial charge in [-0.25, -0.2) is 0 Å². The molecule has 0 heterocycles. The van der Waals surface area contributed by atoms with Crippen molar-refractivity contribution in [1.29, 1.82) is 0 Å². The molecule has 15 heavy (non-hydrogen) atoms. The van der Waals surface area contributed by atoms with E-state index in [0.717, 1.165) is 30.8 Å². The van der Waals surface area contributed by atoms with Gasteiger partial charge in [0.2, 0.25) is 5.91 Å². The number of hydrogen-bond donors (Lipinski definition) is 0. The summed E-state index contributed by atoms with van der Waals surface area (Å²) in [6.45, 7) is 2.85. The molecule has 0 aromatic heterocycles. The van der Waals surface area contributed by atoms with Gasteiger partial charge in [-0.05, 0) is 24.1 Å². The van der Waals surface area contributed by atoms with Crippen molar-refractivity contribution in [3.05, 3.63) is 29.8 Å². The Kier molecular flexibility index (Phi) is 4.68. The predicted octanol–water partition coefficient (Wildman–Crippen LogP) is 2.22. The first-order chi connectivity index (χ1) is 7.22. The third kappa shape index (κ3) is 4.49. The Balaban J connectivity index is 2.45. The first-order valence-corrected chi connectivity index (χ1v) is 5.18. The second kappa shape index (κ2) is 6.06. The van der Waals surface area contributed by atoms with Crippen molar-refractivity contribution in [3.63, 3.8) is 0 Å². The van der Waals surface area contributed by atoms with Gasteiger partial charge in [-0.1, -0.05) is 25.5 Å². The summed E-state index contributed by atoms with van der Waals surface area (Å²) in [5.74, 6) is 0.263. The van der Waals surface area contributed by atoms with Crippen molar-refractivity contribution in [3.8, 4) is 5.75 Å². The van der Waals surface area contributed by atoms with Gasteiger partial charge in [0.25, 0.3) is 0 Å². The number of carbonyl (C=O) groups excluding carboxylic acids is 1. The van der Waals surface area contributed by atoms with Crippen LogP contribution in [0.5, 0.6) is 5.75 Å². The lowest BCUT2D eigenvalue weighted by Gasteiger charge is -2.05. The Morgan fingerprint density at radius 1 is 1.33 bits per heavy atom. The molecular weight excluding hydrogens is 190 g/mol. The molecule has 1 aromatic carbocycles. The molecule has 1 rings (SSSR count).